The largest absolute Gasteiger partial charge is 0.412 e. The SMILES string of the molecule is C[C]1([AlH2])CCCC1.O. The first-order valence-electron chi connectivity index (χ1n) is 3.21. The summed E-state index contributed by atoms with van der Waals surface area (Å²) >= 11 is 1.41. The van der Waals surface area contributed by atoms with Gasteiger partial charge in [-0.15, -0.1) is 0 Å². The molecule has 0 unspecified atom stereocenters. The smallest absolute Gasteiger partial charge is 0.220 e. The van der Waals surface area contributed by atoms with E-state index in [4.69, 9.17) is 0 Å². The van der Waals surface area contributed by atoms with Crippen LogP contribution in [-0.4, -0.2) is 21.8 Å². The van der Waals surface area contributed by atoms with Gasteiger partial charge in [-0.05, 0) is 0 Å². The second-order valence-corrected chi connectivity index (χ2v) is 5.79. The van der Waals surface area contributed by atoms with Crippen molar-refractivity contribution in [2.75, 3.05) is 0 Å². The van der Waals surface area contributed by atoms with Crippen LogP contribution >= 0.6 is 0 Å². The molecule has 8 heavy (non-hydrogen) atoms. The van der Waals surface area contributed by atoms with Gasteiger partial charge in [0, 0.05) is 0 Å². The average Bonchev–Trinajstić information content (AvgIpc) is 1.84. The van der Waals surface area contributed by atoms with Crippen molar-refractivity contribution in [1.29, 1.82) is 0 Å². The molecule has 2 heteroatoms. The molecule has 0 amide bonds. The fourth-order valence-electron chi connectivity index (χ4n) is 1.33. The number of hydrogen-bond donors (Lipinski definition) is 0. The van der Waals surface area contributed by atoms with Crippen molar-refractivity contribution >= 4 is 16.3 Å². The van der Waals surface area contributed by atoms with Crippen LogP contribution in [0.1, 0.15) is 32.6 Å². The predicted molar refractivity (Wildman–Crippen MR) is 39.0 cm³/mol. The molecule has 0 radical (unpaired) electrons. The van der Waals surface area contributed by atoms with Crippen LogP contribution in [0, 0.1) is 0 Å². The molecule has 0 saturated heterocycles. The fraction of sp³-hybridized carbons (Fsp3) is 1.00. The molecule has 1 rings (SSSR count). The molecular formula is C6H15AlO. The second-order valence-electron chi connectivity index (χ2n) is 3.37. The maximum absolute atomic E-state index is 2.42. The maximum Gasteiger partial charge on any atom is 0.220 e. The zero-order chi connectivity index (χ0) is 5.33. The zero-order valence-corrected chi connectivity index (χ0v) is 7.83. The molecule has 1 aliphatic rings. The molecule has 1 aliphatic carbocycles. The van der Waals surface area contributed by atoms with Crippen LogP contribution in [0.25, 0.3) is 0 Å². The molecule has 0 aromatic rings. The fourth-order valence-corrected chi connectivity index (χ4v) is 2.04. The van der Waals surface area contributed by atoms with Crippen molar-refractivity contribution in [1.82, 2.24) is 0 Å². The molecule has 0 aromatic heterocycles. The van der Waals surface area contributed by atoms with Crippen molar-refractivity contribution in [3.8, 4) is 0 Å². The quantitative estimate of drug-likeness (QED) is 0.429. The highest BCUT2D eigenvalue weighted by Gasteiger charge is 2.21. The summed E-state index contributed by atoms with van der Waals surface area (Å²) in [5.41, 5.74) is 0. The minimum absolute atomic E-state index is 0. The van der Waals surface area contributed by atoms with E-state index in [0.717, 1.165) is 4.28 Å². The lowest BCUT2D eigenvalue weighted by Crippen LogP contribution is -1.98. The van der Waals surface area contributed by atoms with Crippen molar-refractivity contribution in [2.45, 2.75) is 36.9 Å². The number of rotatable bonds is 0. The van der Waals surface area contributed by atoms with Gasteiger partial charge in [-0.1, -0.05) is 36.9 Å². The lowest BCUT2D eigenvalue weighted by molar-refractivity contribution is 0.641. The number of hydrogen-bond acceptors (Lipinski definition) is 0. The van der Waals surface area contributed by atoms with Crippen LogP contribution in [0.4, 0.5) is 0 Å². The Kier molecular flexibility index (Phi) is 3.05. The average molecular weight is 130 g/mol. The molecule has 0 aliphatic heterocycles. The van der Waals surface area contributed by atoms with E-state index in [0.29, 0.717) is 0 Å². The third-order valence-corrected chi connectivity index (χ3v) is 2.96. The van der Waals surface area contributed by atoms with Crippen LogP contribution in [0.2, 0.25) is 4.28 Å². The van der Waals surface area contributed by atoms with Gasteiger partial charge in [0.1, 0.15) is 0 Å². The van der Waals surface area contributed by atoms with Crippen LogP contribution < -0.4 is 0 Å². The van der Waals surface area contributed by atoms with E-state index < -0.39 is 0 Å². The first-order chi connectivity index (χ1) is 3.21. The Morgan fingerprint density at radius 2 is 1.62 bits per heavy atom. The first kappa shape index (κ1) is 8.49. The molecule has 1 nitrogen and oxygen atoms in total. The molecular weight excluding hydrogens is 115 g/mol. The van der Waals surface area contributed by atoms with Gasteiger partial charge in [-0.2, -0.15) is 0 Å². The summed E-state index contributed by atoms with van der Waals surface area (Å²) < 4.78 is 0.833. The van der Waals surface area contributed by atoms with Crippen LogP contribution in [-0.2, 0) is 0 Å². The van der Waals surface area contributed by atoms with Crippen molar-refractivity contribution < 1.29 is 5.48 Å². The minimum Gasteiger partial charge on any atom is -0.412 e. The minimum atomic E-state index is 0. The van der Waals surface area contributed by atoms with E-state index >= 15 is 0 Å². The summed E-state index contributed by atoms with van der Waals surface area (Å²) in [5.74, 6) is 0. The lowest BCUT2D eigenvalue weighted by atomic mass is 10.1. The van der Waals surface area contributed by atoms with Gasteiger partial charge < -0.3 is 5.48 Å². The molecule has 2 N–H and O–H groups in total. The first-order valence-corrected chi connectivity index (χ1v) is 4.21. The molecule has 1 fully saturated rings. The van der Waals surface area contributed by atoms with Gasteiger partial charge in [-0.25, -0.2) is 0 Å². The van der Waals surface area contributed by atoms with Crippen LogP contribution in [0.3, 0.4) is 0 Å². The van der Waals surface area contributed by atoms with E-state index in [2.05, 4.69) is 6.92 Å². The third-order valence-electron chi connectivity index (χ3n) is 1.96. The molecule has 0 atom stereocenters. The van der Waals surface area contributed by atoms with Gasteiger partial charge in [-0.3, -0.25) is 0 Å². The Morgan fingerprint density at radius 3 is 1.75 bits per heavy atom. The Hall–Kier alpha value is 0.492. The summed E-state index contributed by atoms with van der Waals surface area (Å²) in [4.78, 5) is 0. The predicted octanol–water partition coefficient (Wildman–Crippen LogP) is 0.547. The van der Waals surface area contributed by atoms with E-state index in [9.17, 15) is 0 Å². The second kappa shape index (κ2) is 2.87. The molecule has 0 bridgehead atoms. The molecule has 1 saturated carbocycles. The highest BCUT2D eigenvalue weighted by molar-refractivity contribution is 6.14. The van der Waals surface area contributed by atoms with E-state index in [1.54, 1.807) is 0 Å². The Balaban J connectivity index is 0.000000490. The highest BCUT2D eigenvalue weighted by atomic mass is 27.0. The van der Waals surface area contributed by atoms with Gasteiger partial charge in [0.05, 0.1) is 0 Å². The molecule has 0 heterocycles. The highest BCUT2D eigenvalue weighted by Crippen LogP contribution is 2.40. The topological polar surface area (TPSA) is 31.5 Å². The summed E-state index contributed by atoms with van der Waals surface area (Å²) in [6.45, 7) is 2.42. The maximum atomic E-state index is 2.42. The van der Waals surface area contributed by atoms with Gasteiger partial charge in [0.2, 0.25) is 16.3 Å². The van der Waals surface area contributed by atoms with E-state index in [1.165, 1.54) is 42.0 Å². The Labute approximate surface area is 59.2 Å². The van der Waals surface area contributed by atoms with Crippen molar-refractivity contribution in [3.05, 3.63) is 0 Å². The van der Waals surface area contributed by atoms with Gasteiger partial charge >= 0.3 is 0 Å². The zero-order valence-electron chi connectivity index (χ0n) is 5.83. The lowest BCUT2D eigenvalue weighted by Gasteiger charge is -2.13. The van der Waals surface area contributed by atoms with Gasteiger partial charge in [0.15, 0.2) is 0 Å². The molecule has 0 spiro atoms. The van der Waals surface area contributed by atoms with Gasteiger partial charge in [0.25, 0.3) is 0 Å². The Morgan fingerprint density at radius 1 is 1.25 bits per heavy atom. The summed E-state index contributed by atoms with van der Waals surface area (Å²) in [6, 6.07) is 0. The third kappa shape index (κ3) is 2.17. The standard InChI is InChI=1S/C6H11.Al.H2O.2H/c1-6-4-2-3-5-6;;;;/h2-5H2,1H3;;1H2;;. The molecule has 48 valence electrons. The summed E-state index contributed by atoms with van der Waals surface area (Å²) in [7, 11) is 0. The van der Waals surface area contributed by atoms with E-state index in [1.807, 2.05) is 0 Å². The normalized spacial score (nSPS) is 24.6. The summed E-state index contributed by atoms with van der Waals surface area (Å²) in [6.07, 6.45) is 6.03. The van der Waals surface area contributed by atoms with E-state index in [-0.39, 0.29) is 5.48 Å². The van der Waals surface area contributed by atoms with Crippen molar-refractivity contribution in [3.63, 3.8) is 0 Å². The summed E-state index contributed by atoms with van der Waals surface area (Å²) in [5, 5.41) is 0. The monoisotopic (exact) mass is 130 g/mol. The van der Waals surface area contributed by atoms with Crippen molar-refractivity contribution in [2.24, 2.45) is 0 Å². The molecule has 0 aromatic carbocycles. The van der Waals surface area contributed by atoms with Crippen LogP contribution in [0.5, 0.6) is 0 Å². The Bertz CT molecular complexity index is 62.9. The van der Waals surface area contributed by atoms with Crippen LogP contribution in [0.15, 0.2) is 0 Å².